The zero-order valence-corrected chi connectivity index (χ0v) is 15.6. The predicted octanol–water partition coefficient (Wildman–Crippen LogP) is 3.43. The molecule has 3 N–H and O–H groups in total. The van der Waals surface area contributed by atoms with E-state index in [4.69, 9.17) is 20.6 Å². The third kappa shape index (κ3) is 4.27. The molecule has 1 aliphatic rings. The van der Waals surface area contributed by atoms with E-state index in [1.807, 2.05) is 13.8 Å². The van der Waals surface area contributed by atoms with Gasteiger partial charge < -0.3 is 15.2 Å². The molecule has 0 aromatic carbocycles. The van der Waals surface area contributed by atoms with Crippen LogP contribution in [0.2, 0.25) is 0 Å². The number of hydrogen-bond donors (Lipinski definition) is 2. The van der Waals surface area contributed by atoms with Crippen molar-refractivity contribution >= 4 is 11.4 Å². The molecule has 3 rings (SSSR count). The Kier molecular flexibility index (Phi) is 5.59. The van der Waals surface area contributed by atoms with Crippen LogP contribution in [0.1, 0.15) is 49.6 Å². The molecule has 0 aliphatic carbocycles. The number of pyridine rings is 1. The van der Waals surface area contributed by atoms with Crippen LogP contribution in [0, 0.1) is 5.41 Å². The lowest BCUT2D eigenvalue weighted by Crippen LogP contribution is -2.27. The zero-order chi connectivity index (χ0) is 20.5. The van der Waals surface area contributed by atoms with Gasteiger partial charge in [0.25, 0.3) is 0 Å². The van der Waals surface area contributed by atoms with Crippen molar-refractivity contribution in [3.63, 3.8) is 0 Å². The summed E-state index contributed by atoms with van der Waals surface area (Å²) in [7, 11) is 0. The molecule has 0 bridgehead atoms. The van der Waals surface area contributed by atoms with Gasteiger partial charge in [0.15, 0.2) is 5.69 Å². The van der Waals surface area contributed by atoms with Crippen molar-refractivity contribution in [1.82, 2.24) is 14.8 Å². The van der Waals surface area contributed by atoms with Gasteiger partial charge in [0.1, 0.15) is 6.10 Å². The number of nitrogen functional groups attached to an aromatic ring is 1. The molecule has 152 valence electrons. The maximum Gasteiger partial charge on any atom is 0.433 e. The van der Waals surface area contributed by atoms with Gasteiger partial charge in [-0.1, -0.05) is 0 Å². The molecule has 2 aromatic heterocycles. The highest BCUT2D eigenvalue weighted by molar-refractivity contribution is 6.15. The Hall–Kier alpha value is -2.62. The number of ether oxygens (including phenoxy) is 2. The number of nitrogens with one attached hydrogen (secondary N) is 1. The molecule has 0 unspecified atom stereocenters. The molecule has 0 spiro atoms. The third-order valence-corrected chi connectivity index (χ3v) is 4.42. The molecular weight excluding hydrogens is 375 g/mol. The normalized spacial score (nSPS) is 15.8. The lowest BCUT2D eigenvalue weighted by molar-refractivity contribution is -0.141. The van der Waals surface area contributed by atoms with E-state index in [0.717, 1.165) is 6.07 Å². The second-order valence-corrected chi connectivity index (χ2v) is 6.88. The number of halogens is 3. The van der Waals surface area contributed by atoms with Crippen LogP contribution in [-0.4, -0.2) is 39.8 Å². The zero-order valence-electron chi connectivity index (χ0n) is 15.6. The summed E-state index contributed by atoms with van der Waals surface area (Å²) < 4.78 is 52.3. The predicted molar refractivity (Wildman–Crippen MR) is 96.7 cm³/mol. The maximum atomic E-state index is 13.2. The quantitative estimate of drug-likeness (QED) is 0.753. The third-order valence-electron chi connectivity index (χ3n) is 4.42. The van der Waals surface area contributed by atoms with Crippen LogP contribution in [0.15, 0.2) is 18.5 Å². The van der Waals surface area contributed by atoms with Gasteiger partial charge in [0.2, 0.25) is 5.88 Å². The average Bonchev–Trinajstić information content (AvgIpc) is 3.11. The molecule has 10 heteroatoms. The molecule has 1 saturated heterocycles. The van der Waals surface area contributed by atoms with Gasteiger partial charge in [-0.2, -0.15) is 18.3 Å². The van der Waals surface area contributed by atoms with Crippen molar-refractivity contribution in [2.45, 2.75) is 45.0 Å². The molecule has 2 aromatic rings. The second-order valence-electron chi connectivity index (χ2n) is 6.88. The number of rotatable bonds is 5. The van der Waals surface area contributed by atoms with Crippen molar-refractivity contribution in [2.24, 2.45) is 0 Å². The van der Waals surface area contributed by atoms with Crippen LogP contribution < -0.4 is 10.5 Å². The lowest BCUT2D eigenvalue weighted by atomic mass is 10.0. The first kappa shape index (κ1) is 20.1. The minimum atomic E-state index is -4.68. The summed E-state index contributed by atoms with van der Waals surface area (Å²) in [6.07, 6.45) is -0.870. The van der Waals surface area contributed by atoms with Crippen molar-refractivity contribution in [1.29, 1.82) is 5.41 Å². The minimum Gasteiger partial charge on any atom is -0.474 e. The molecular formula is C18H22F3N5O2. The number of nitrogens with two attached hydrogens (primary N) is 1. The summed E-state index contributed by atoms with van der Waals surface area (Å²) in [5.41, 5.74) is 4.90. The Labute approximate surface area is 160 Å². The smallest absolute Gasteiger partial charge is 0.433 e. The first-order chi connectivity index (χ1) is 13.2. The van der Waals surface area contributed by atoms with Gasteiger partial charge in [-0.25, -0.2) is 4.98 Å². The van der Waals surface area contributed by atoms with Gasteiger partial charge >= 0.3 is 6.18 Å². The summed E-state index contributed by atoms with van der Waals surface area (Å²) in [6, 6.07) is 0.802. The van der Waals surface area contributed by atoms with E-state index in [0.29, 0.717) is 31.6 Å². The molecule has 7 nitrogen and oxygen atoms in total. The van der Waals surface area contributed by atoms with E-state index in [9.17, 15) is 13.2 Å². The number of alkyl halides is 3. The summed E-state index contributed by atoms with van der Waals surface area (Å²) in [4.78, 5) is 3.65. The Morgan fingerprint density at radius 3 is 2.61 bits per heavy atom. The van der Waals surface area contributed by atoms with Gasteiger partial charge in [-0.05, 0) is 19.9 Å². The van der Waals surface area contributed by atoms with E-state index < -0.39 is 11.9 Å². The van der Waals surface area contributed by atoms with Gasteiger partial charge in [0.05, 0.1) is 30.7 Å². The molecule has 0 amide bonds. The van der Waals surface area contributed by atoms with E-state index in [1.54, 1.807) is 10.9 Å². The van der Waals surface area contributed by atoms with E-state index in [1.165, 1.54) is 6.20 Å². The van der Waals surface area contributed by atoms with Crippen LogP contribution >= 0.6 is 0 Å². The summed E-state index contributed by atoms with van der Waals surface area (Å²) in [6.45, 7) is 4.75. The number of nitrogens with zero attached hydrogens (tertiary/aromatic N) is 3. The molecule has 1 fully saturated rings. The topological polar surface area (TPSA) is 99.0 Å². The molecule has 0 radical (unpaired) electrons. The number of aromatic nitrogens is 3. The molecule has 0 atom stereocenters. The highest BCUT2D eigenvalue weighted by Crippen LogP contribution is 2.35. The highest BCUT2D eigenvalue weighted by Gasteiger charge is 2.35. The second kappa shape index (κ2) is 7.78. The fraction of sp³-hybridized carbons (Fsp3) is 0.500. The van der Waals surface area contributed by atoms with Crippen molar-refractivity contribution < 1.29 is 22.6 Å². The summed E-state index contributed by atoms with van der Waals surface area (Å²) in [5, 5.41) is 12.7. The van der Waals surface area contributed by atoms with Crippen LogP contribution in [-0.2, 0) is 10.9 Å². The molecule has 28 heavy (non-hydrogen) atoms. The van der Waals surface area contributed by atoms with Crippen LogP contribution in [0.25, 0.3) is 0 Å². The van der Waals surface area contributed by atoms with Gasteiger partial charge in [-0.15, -0.1) is 0 Å². The molecule has 3 heterocycles. The Bertz CT molecular complexity index is 857. The van der Waals surface area contributed by atoms with E-state index in [2.05, 4.69) is 10.1 Å². The SMILES string of the molecule is CC(C)n1cc(C(=N)c2c(N)cc(C(F)(F)F)nc2OC2CCOCC2)cn1. The van der Waals surface area contributed by atoms with E-state index in [-0.39, 0.29) is 35.0 Å². The van der Waals surface area contributed by atoms with Crippen LogP contribution in [0.3, 0.4) is 0 Å². The summed E-state index contributed by atoms with van der Waals surface area (Å²) >= 11 is 0. The van der Waals surface area contributed by atoms with Crippen molar-refractivity contribution in [3.05, 3.63) is 35.3 Å². The maximum absolute atomic E-state index is 13.2. The largest absolute Gasteiger partial charge is 0.474 e. The first-order valence-electron chi connectivity index (χ1n) is 8.92. The lowest BCUT2D eigenvalue weighted by Gasteiger charge is -2.25. The van der Waals surface area contributed by atoms with E-state index >= 15 is 0 Å². The summed E-state index contributed by atoms with van der Waals surface area (Å²) in [5.74, 6) is -0.290. The molecule has 0 saturated carbocycles. The standard InChI is InChI=1S/C18H22F3N5O2/c1-10(2)26-9-11(8-24-26)16(23)15-13(22)7-14(18(19,20)21)25-17(15)28-12-3-5-27-6-4-12/h7-10,12,23H,3-6H2,1-2H3,(H2,22,25). The fourth-order valence-electron chi connectivity index (χ4n) is 2.87. The Balaban J connectivity index is 2.02. The number of hydrogen-bond acceptors (Lipinski definition) is 6. The van der Waals surface area contributed by atoms with Crippen molar-refractivity contribution in [3.8, 4) is 5.88 Å². The molecule has 1 aliphatic heterocycles. The minimum absolute atomic E-state index is 0.0304. The monoisotopic (exact) mass is 397 g/mol. The van der Waals surface area contributed by atoms with Crippen LogP contribution in [0.4, 0.5) is 18.9 Å². The highest BCUT2D eigenvalue weighted by atomic mass is 19.4. The number of anilines is 1. The van der Waals surface area contributed by atoms with Gasteiger partial charge in [-0.3, -0.25) is 10.1 Å². The van der Waals surface area contributed by atoms with Gasteiger partial charge in [0, 0.05) is 36.3 Å². The Morgan fingerprint density at radius 2 is 2.04 bits per heavy atom. The average molecular weight is 397 g/mol. The fourth-order valence-corrected chi connectivity index (χ4v) is 2.87. The Morgan fingerprint density at radius 1 is 1.36 bits per heavy atom. The van der Waals surface area contributed by atoms with Crippen molar-refractivity contribution in [2.75, 3.05) is 18.9 Å². The van der Waals surface area contributed by atoms with Crippen LogP contribution in [0.5, 0.6) is 5.88 Å². The first-order valence-corrected chi connectivity index (χ1v) is 8.92.